The van der Waals surface area contributed by atoms with E-state index >= 15 is 0 Å². The SMILES string of the molecule is C=CCOCc1ccc(C)c(C)c1. The first-order chi connectivity index (χ1) is 6.24. The van der Waals surface area contributed by atoms with E-state index in [0.29, 0.717) is 13.2 Å². The van der Waals surface area contributed by atoms with Crippen molar-refractivity contribution in [2.24, 2.45) is 0 Å². The van der Waals surface area contributed by atoms with Crippen LogP contribution in [-0.2, 0) is 11.3 Å². The second kappa shape index (κ2) is 4.83. The minimum atomic E-state index is 0.618. The number of ether oxygens (including phenoxy) is 1. The maximum absolute atomic E-state index is 5.35. The van der Waals surface area contributed by atoms with Crippen molar-refractivity contribution in [1.82, 2.24) is 0 Å². The summed E-state index contributed by atoms with van der Waals surface area (Å²) in [6.45, 7) is 9.12. The molecule has 0 heterocycles. The fraction of sp³-hybridized carbons (Fsp3) is 0.333. The van der Waals surface area contributed by atoms with Crippen molar-refractivity contribution in [3.05, 3.63) is 47.5 Å². The lowest BCUT2D eigenvalue weighted by atomic mass is 10.1. The zero-order valence-electron chi connectivity index (χ0n) is 8.34. The van der Waals surface area contributed by atoms with Crippen molar-refractivity contribution in [2.45, 2.75) is 20.5 Å². The molecule has 0 unspecified atom stereocenters. The minimum absolute atomic E-state index is 0.618. The number of aryl methyl sites for hydroxylation is 2. The number of hydrogen-bond acceptors (Lipinski definition) is 1. The molecule has 0 fully saturated rings. The topological polar surface area (TPSA) is 9.23 Å². The van der Waals surface area contributed by atoms with Crippen LogP contribution in [0, 0.1) is 13.8 Å². The Morgan fingerprint density at radius 3 is 2.69 bits per heavy atom. The van der Waals surface area contributed by atoms with E-state index in [1.165, 1.54) is 16.7 Å². The van der Waals surface area contributed by atoms with Gasteiger partial charge in [-0.25, -0.2) is 0 Å². The first-order valence-electron chi connectivity index (χ1n) is 4.49. The minimum Gasteiger partial charge on any atom is -0.373 e. The molecule has 0 aliphatic rings. The molecule has 0 bridgehead atoms. The monoisotopic (exact) mass is 176 g/mol. The van der Waals surface area contributed by atoms with E-state index in [1.54, 1.807) is 6.08 Å². The average molecular weight is 176 g/mol. The Hall–Kier alpha value is -1.08. The van der Waals surface area contributed by atoms with Gasteiger partial charge in [-0.3, -0.25) is 0 Å². The molecule has 0 aliphatic heterocycles. The Kier molecular flexibility index (Phi) is 3.71. The van der Waals surface area contributed by atoms with Crippen molar-refractivity contribution >= 4 is 0 Å². The van der Waals surface area contributed by atoms with Crippen molar-refractivity contribution in [3.8, 4) is 0 Å². The first kappa shape index (κ1) is 10.0. The zero-order chi connectivity index (χ0) is 9.68. The van der Waals surface area contributed by atoms with Crippen LogP contribution < -0.4 is 0 Å². The molecular weight excluding hydrogens is 160 g/mol. The Balaban J connectivity index is 2.57. The molecule has 0 spiro atoms. The van der Waals surface area contributed by atoms with Crippen molar-refractivity contribution in [3.63, 3.8) is 0 Å². The fourth-order valence-electron chi connectivity index (χ4n) is 1.15. The molecular formula is C12H16O. The van der Waals surface area contributed by atoms with Crippen LogP contribution in [-0.4, -0.2) is 6.61 Å². The maximum atomic E-state index is 5.35. The van der Waals surface area contributed by atoms with Crippen molar-refractivity contribution in [1.29, 1.82) is 0 Å². The van der Waals surface area contributed by atoms with E-state index in [9.17, 15) is 0 Å². The van der Waals surface area contributed by atoms with Crippen LogP contribution in [0.25, 0.3) is 0 Å². The van der Waals surface area contributed by atoms with Gasteiger partial charge in [0, 0.05) is 0 Å². The zero-order valence-corrected chi connectivity index (χ0v) is 8.34. The lowest BCUT2D eigenvalue weighted by molar-refractivity contribution is 0.149. The highest BCUT2D eigenvalue weighted by molar-refractivity contribution is 5.29. The van der Waals surface area contributed by atoms with Gasteiger partial charge in [0.25, 0.3) is 0 Å². The molecule has 0 saturated carbocycles. The summed E-state index contributed by atoms with van der Waals surface area (Å²) in [5.74, 6) is 0. The molecule has 1 aromatic carbocycles. The summed E-state index contributed by atoms with van der Waals surface area (Å²) >= 11 is 0. The van der Waals surface area contributed by atoms with E-state index in [2.05, 4.69) is 38.6 Å². The van der Waals surface area contributed by atoms with Gasteiger partial charge in [0.1, 0.15) is 0 Å². The second-order valence-corrected chi connectivity index (χ2v) is 3.22. The molecule has 13 heavy (non-hydrogen) atoms. The van der Waals surface area contributed by atoms with Crippen LogP contribution in [0.4, 0.5) is 0 Å². The van der Waals surface area contributed by atoms with Crippen LogP contribution in [0.15, 0.2) is 30.9 Å². The van der Waals surface area contributed by atoms with E-state index < -0.39 is 0 Å². The molecule has 0 radical (unpaired) electrons. The Morgan fingerprint density at radius 2 is 2.08 bits per heavy atom. The lowest BCUT2D eigenvalue weighted by Gasteiger charge is -2.04. The first-order valence-corrected chi connectivity index (χ1v) is 4.49. The molecule has 1 rings (SSSR count). The van der Waals surface area contributed by atoms with Crippen LogP contribution >= 0.6 is 0 Å². The van der Waals surface area contributed by atoms with Gasteiger partial charge in [-0.05, 0) is 30.5 Å². The van der Waals surface area contributed by atoms with Gasteiger partial charge in [-0.1, -0.05) is 24.3 Å². The third-order valence-corrected chi connectivity index (χ3v) is 2.08. The van der Waals surface area contributed by atoms with Gasteiger partial charge < -0.3 is 4.74 Å². The molecule has 0 amide bonds. The van der Waals surface area contributed by atoms with E-state index in [0.717, 1.165) is 0 Å². The molecule has 1 aromatic rings. The standard InChI is InChI=1S/C12H16O/c1-4-7-13-9-12-6-5-10(2)11(3)8-12/h4-6,8H,1,7,9H2,2-3H3. The summed E-state index contributed by atoms with van der Waals surface area (Å²) in [6, 6.07) is 6.39. The van der Waals surface area contributed by atoms with E-state index in [-0.39, 0.29) is 0 Å². The van der Waals surface area contributed by atoms with Crippen molar-refractivity contribution in [2.75, 3.05) is 6.61 Å². The van der Waals surface area contributed by atoms with Gasteiger partial charge in [0.15, 0.2) is 0 Å². The van der Waals surface area contributed by atoms with Crippen LogP contribution in [0.2, 0.25) is 0 Å². The summed E-state index contributed by atoms with van der Waals surface area (Å²) in [5.41, 5.74) is 3.87. The smallest absolute Gasteiger partial charge is 0.0721 e. The van der Waals surface area contributed by atoms with Gasteiger partial charge >= 0.3 is 0 Å². The Labute approximate surface area is 80.0 Å². The van der Waals surface area contributed by atoms with Crippen LogP contribution in [0.3, 0.4) is 0 Å². The predicted molar refractivity (Wildman–Crippen MR) is 55.8 cm³/mol. The highest BCUT2D eigenvalue weighted by Gasteiger charge is 1.95. The third kappa shape index (κ3) is 3.03. The maximum Gasteiger partial charge on any atom is 0.0721 e. The number of benzene rings is 1. The van der Waals surface area contributed by atoms with Crippen molar-refractivity contribution < 1.29 is 4.74 Å². The Morgan fingerprint density at radius 1 is 1.31 bits per heavy atom. The normalized spacial score (nSPS) is 10.0. The van der Waals surface area contributed by atoms with E-state index in [1.807, 2.05) is 0 Å². The molecule has 1 heteroatoms. The summed E-state index contributed by atoms with van der Waals surface area (Å²) in [5, 5.41) is 0. The van der Waals surface area contributed by atoms with Gasteiger partial charge in [-0.15, -0.1) is 6.58 Å². The fourth-order valence-corrected chi connectivity index (χ4v) is 1.15. The van der Waals surface area contributed by atoms with Gasteiger partial charge in [0.05, 0.1) is 13.2 Å². The number of hydrogen-bond donors (Lipinski definition) is 0. The molecule has 70 valence electrons. The molecule has 0 aliphatic carbocycles. The molecule has 0 saturated heterocycles. The average Bonchev–Trinajstić information content (AvgIpc) is 2.12. The highest BCUT2D eigenvalue weighted by atomic mass is 16.5. The van der Waals surface area contributed by atoms with Gasteiger partial charge in [0.2, 0.25) is 0 Å². The molecule has 0 atom stereocenters. The quantitative estimate of drug-likeness (QED) is 0.506. The summed E-state index contributed by atoms with van der Waals surface area (Å²) < 4.78 is 5.35. The molecule has 0 N–H and O–H groups in total. The highest BCUT2D eigenvalue weighted by Crippen LogP contribution is 2.10. The number of rotatable bonds is 4. The van der Waals surface area contributed by atoms with E-state index in [4.69, 9.17) is 4.74 Å². The lowest BCUT2D eigenvalue weighted by Crippen LogP contribution is -1.93. The van der Waals surface area contributed by atoms with Crippen LogP contribution in [0.1, 0.15) is 16.7 Å². The molecule has 1 nitrogen and oxygen atoms in total. The predicted octanol–water partition coefficient (Wildman–Crippen LogP) is 3.01. The summed E-state index contributed by atoms with van der Waals surface area (Å²) in [7, 11) is 0. The summed E-state index contributed by atoms with van der Waals surface area (Å²) in [6.07, 6.45) is 1.76. The Bertz CT molecular complexity index is 289. The molecule has 0 aromatic heterocycles. The third-order valence-electron chi connectivity index (χ3n) is 2.08. The van der Waals surface area contributed by atoms with Gasteiger partial charge in [-0.2, -0.15) is 0 Å². The largest absolute Gasteiger partial charge is 0.373 e. The second-order valence-electron chi connectivity index (χ2n) is 3.22. The van der Waals surface area contributed by atoms with Crippen LogP contribution in [0.5, 0.6) is 0 Å². The summed E-state index contributed by atoms with van der Waals surface area (Å²) in [4.78, 5) is 0.